The van der Waals surface area contributed by atoms with E-state index >= 15 is 4.39 Å². The van der Waals surface area contributed by atoms with E-state index in [1.807, 2.05) is 6.07 Å². The first-order valence-corrected chi connectivity index (χ1v) is 12.1. The van der Waals surface area contributed by atoms with Crippen molar-refractivity contribution in [1.82, 2.24) is 10.4 Å². The second-order valence-electron chi connectivity index (χ2n) is 9.41. The molecule has 5 rings (SSSR count). The largest absolute Gasteiger partial charge is 0.428 e. The van der Waals surface area contributed by atoms with Gasteiger partial charge in [0.15, 0.2) is 11.5 Å². The van der Waals surface area contributed by atoms with Crippen LogP contribution < -0.4 is 5.48 Å². The van der Waals surface area contributed by atoms with Crippen molar-refractivity contribution >= 4 is 34.8 Å². The van der Waals surface area contributed by atoms with Crippen LogP contribution in [0.5, 0.6) is 0 Å². The molecule has 0 bridgehead atoms. The Hall–Kier alpha value is -2.87. The van der Waals surface area contributed by atoms with Crippen LogP contribution in [0.15, 0.2) is 36.4 Å². The highest BCUT2D eigenvalue weighted by atomic mass is 35.5. The number of carbonyl (C=O) groups excluding carboxylic acids is 1. The predicted octanol–water partition coefficient (Wildman–Crippen LogP) is 6.14. The van der Waals surface area contributed by atoms with Crippen LogP contribution in [0.25, 0.3) is 5.70 Å². The molecule has 1 unspecified atom stereocenters. The zero-order valence-electron chi connectivity index (χ0n) is 18.9. The molecule has 1 aliphatic carbocycles. The summed E-state index contributed by atoms with van der Waals surface area (Å²) in [5, 5.41) is 8.42. The van der Waals surface area contributed by atoms with E-state index in [4.69, 9.17) is 28.0 Å². The number of amides is 1. The molecule has 1 saturated heterocycles. The number of rotatable bonds is 4. The van der Waals surface area contributed by atoms with Gasteiger partial charge in [0.25, 0.3) is 0 Å². The Morgan fingerprint density at radius 1 is 1.16 bits per heavy atom. The lowest BCUT2D eigenvalue weighted by molar-refractivity contribution is -0.269. The Kier molecular flexibility index (Phi) is 6.17. The van der Waals surface area contributed by atoms with Crippen molar-refractivity contribution in [2.24, 2.45) is 5.92 Å². The normalized spacial score (nSPS) is 23.0. The summed E-state index contributed by atoms with van der Waals surface area (Å²) in [5.41, 5.74) is -3.42. The number of hydrogen-bond donors (Lipinski definition) is 1. The molecule has 0 spiro atoms. The molecule has 1 amide bonds. The summed E-state index contributed by atoms with van der Waals surface area (Å²) in [4.78, 5) is 18.8. The third-order valence-corrected chi connectivity index (χ3v) is 7.64. The molecule has 37 heavy (non-hydrogen) atoms. The molecule has 12 heteroatoms. The number of hydrogen-bond acceptors (Lipinski definition) is 4. The number of benzene rings is 2. The van der Waals surface area contributed by atoms with Crippen molar-refractivity contribution in [3.8, 4) is 6.07 Å². The molecule has 5 nitrogen and oxygen atoms in total. The van der Waals surface area contributed by atoms with Crippen LogP contribution in [0.4, 0.5) is 22.0 Å². The first-order chi connectivity index (χ1) is 17.4. The molecule has 2 aromatic rings. The molecule has 2 fully saturated rings. The lowest BCUT2D eigenvalue weighted by Crippen LogP contribution is -2.60. The first-order valence-electron chi connectivity index (χ1n) is 11.3. The van der Waals surface area contributed by atoms with Gasteiger partial charge in [-0.15, -0.1) is 0 Å². The molecule has 2 aromatic carbocycles. The number of halogens is 7. The summed E-state index contributed by atoms with van der Waals surface area (Å²) in [6, 6.07) is 7.34. The summed E-state index contributed by atoms with van der Waals surface area (Å²) in [7, 11) is 0. The predicted molar refractivity (Wildman–Crippen MR) is 124 cm³/mol. The van der Waals surface area contributed by atoms with Crippen LogP contribution in [-0.2, 0) is 20.9 Å². The molecule has 194 valence electrons. The minimum Gasteiger partial charge on any atom is -0.335 e. The van der Waals surface area contributed by atoms with Gasteiger partial charge in [-0.05, 0) is 37.1 Å². The van der Waals surface area contributed by atoms with E-state index < -0.39 is 38.9 Å². The molecule has 1 N–H and O–H groups in total. The number of alkyl halides is 4. The smallest absolute Gasteiger partial charge is 0.335 e. The fraction of sp³-hybridized carbons (Fsp3) is 0.360. The minimum atomic E-state index is -5.02. The quantitative estimate of drug-likeness (QED) is 0.362. The fourth-order valence-electron chi connectivity index (χ4n) is 4.75. The number of nitrogens with one attached hydrogen (secondary N) is 1. The van der Waals surface area contributed by atoms with Gasteiger partial charge in [0.1, 0.15) is 0 Å². The van der Waals surface area contributed by atoms with Crippen molar-refractivity contribution in [2.45, 2.75) is 36.7 Å². The second kappa shape index (κ2) is 8.86. The van der Waals surface area contributed by atoms with Crippen LogP contribution in [0, 0.1) is 23.1 Å². The van der Waals surface area contributed by atoms with E-state index in [-0.39, 0.29) is 47.3 Å². The van der Waals surface area contributed by atoms with Gasteiger partial charge >= 0.3 is 6.18 Å². The van der Waals surface area contributed by atoms with Crippen LogP contribution in [0.1, 0.15) is 41.5 Å². The molecule has 2 aliphatic heterocycles. The average Bonchev–Trinajstić information content (AvgIpc) is 3.25. The Balaban J connectivity index is 1.46. The molecule has 1 atom stereocenters. The molecule has 2 heterocycles. The van der Waals surface area contributed by atoms with E-state index in [9.17, 15) is 27.6 Å². The van der Waals surface area contributed by atoms with Crippen LogP contribution in [0.2, 0.25) is 10.0 Å². The fourth-order valence-corrected chi connectivity index (χ4v) is 5.24. The third-order valence-electron chi connectivity index (χ3n) is 7.09. The lowest BCUT2D eigenvalue weighted by atomic mass is 9.80. The van der Waals surface area contributed by atoms with Gasteiger partial charge < -0.3 is 4.90 Å². The number of carbonyl (C=O) groups is 1. The highest BCUT2D eigenvalue weighted by Gasteiger charge is 2.60. The van der Waals surface area contributed by atoms with E-state index in [1.54, 1.807) is 0 Å². The van der Waals surface area contributed by atoms with Gasteiger partial charge in [-0.1, -0.05) is 41.8 Å². The zero-order valence-corrected chi connectivity index (χ0v) is 20.4. The summed E-state index contributed by atoms with van der Waals surface area (Å²) in [5.74, 6) is -1.25. The van der Waals surface area contributed by atoms with Gasteiger partial charge in [-0.2, -0.15) is 18.4 Å². The number of likely N-dealkylation sites (tertiary alicyclic amines) is 1. The number of nitrogens with zero attached hydrogens (tertiary/aromatic N) is 2. The van der Waals surface area contributed by atoms with Gasteiger partial charge in [-0.3, -0.25) is 15.1 Å². The third kappa shape index (κ3) is 4.13. The van der Waals surface area contributed by atoms with E-state index in [2.05, 4.69) is 5.48 Å². The topological polar surface area (TPSA) is 65.4 Å². The summed E-state index contributed by atoms with van der Waals surface area (Å²) in [6.45, 7) is -0.382. The molecule has 1 saturated carbocycles. The highest BCUT2D eigenvalue weighted by molar-refractivity contribution is 6.35. The minimum absolute atomic E-state index is 0.0510. The molecule has 3 aliphatic rings. The van der Waals surface area contributed by atoms with E-state index in [0.29, 0.717) is 0 Å². The van der Waals surface area contributed by atoms with Crippen LogP contribution in [0.3, 0.4) is 0 Å². The van der Waals surface area contributed by atoms with Crippen molar-refractivity contribution in [2.75, 3.05) is 13.1 Å². The maximum atomic E-state index is 15.6. The van der Waals surface area contributed by atoms with Crippen molar-refractivity contribution in [1.29, 1.82) is 5.26 Å². The van der Waals surface area contributed by atoms with Crippen LogP contribution in [-0.4, -0.2) is 30.1 Å². The Labute approximate surface area is 218 Å². The summed E-state index contributed by atoms with van der Waals surface area (Å²) >= 11 is 11.4. The maximum Gasteiger partial charge on any atom is 0.428 e. The molecular formula is C25H18Cl2F5N3O2. The first kappa shape index (κ1) is 25.8. The van der Waals surface area contributed by atoms with Gasteiger partial charge in [0.2, 0.25) is 11.5 Å². The number of nitriles is 1. The lowest BCUT2D eigenvalue weighted by Gasteiger charge is -2.47. The SMILES string of the molecule is N#Cc1cc(C2=CC(c3cc(Cl)c(F)c(Cl)c3)(C(F)(F)F)ON2)ccc1C1(F)CN(C(=O)C2CCC2)C1. The summed E-state index contributed by atoms with van der Waals surface area (Å²) in [6.07, 6.45) is -1.76. The van der Waals surface area contributed by atoms with Gasteiger partial charge in [0.05, 0.1) is 40.5 Å². The maximum absolute atomic E-state index is 15.6. The number of hydroxylamine groups is 1. The zero-order chi connectivity index (χ0) is 26.8. The molecule has 0 aromatic heterocycles. The Morgan fingerprint density at radius 2 is 1.81 bits per heavy atom. The van der Waals surface area contributed by atoms with E-state index in [0.717, 1.165) is 37.5 Å². The van der Waals surface area contributed by atoms with Crippen LogP contribution >= 0.6 is 23.2 Å². The average molecular weight is 558 g/mol. The van der Waals surface area contributed by atoms with Crippen molar-refractivity contribution < 1.29 is 31.6 Å². The summed E-state index contributed by atoms with van der Waals surface area (Å²) < 4.78 is 72.2. The highest BCUT2D eigenvalue weighted by Crippen LogP contribution is 2.49. The molecule has 0 radical (unpaired) electrons. The standard InChI is InChI=1S/C25H18Cl2F5N3O2/c26-18-7-16(8-19(27)21(18)28)24(25(30,31)32)9-20(34-37-24)14-4-5-17(15(6-14)10-33)23(29)11-35(12-23)22(36)13-2-1-3-13/h4-9,13,34H,1-3,11-12H2. The molecular weight excluding hydrogens is 540 g/mol. The van der Waals surface area contributed by atoms with E-state index in [1.165, 1.54) is 23.1 Å². The van der Waals surface area contributed by atoms with Gasteiger partial charge in [-0.25, -0.2) is 8.78 Å². The Bertz CT molecular complexity index is 1340. The van der Waals surface area contributed by atoms with Crippen molar-refractivity contribution in [3.63, 3.8) is 0 Å². The Morgan fingerprint density at radius 3 is 2.35 bits per heavy atom. The van der Waals surface area contributed by atoms with Crippen molar-refractivity contribution in [3.05, 3.63) is 74.5 Å². The van der Waals surface area contributed by atoms with Gasteiger partial charge in [0, 0.05) is 22.6 Å². The second-order valence-corrected chi connectivity index (χ2v) is 10.2. The monoisotopic (exact) mass is 557 g/mol.